The van der Waals surface area contributed by atoms with E-state index in [4.69, 9.17) is 5.73 Å². The zero-order chi connectivity index (χ0) is 13.7. The predicted molar refractivity (Wildman–Crippen MR) is 77.4 cm³/mol. The van der Waals surface area contributed by atoms with E-state index in [0.717, 1.165) is 22.5 Å². The van der Waals surface area contributed by atoms with Crippen molar-refractivity contribution in [3.05, 3.63) is 58.9 Å². The number of hydrogen-bond donors (Lipinski definition) is 3. The minimum Gasteiger partial charge on any atom is -0.397 e. The number of rotatable bonds is 0. The summed E-state index contributed by atoms with van der Waals surface area (Å²) < 4.78 is 0. The third-order valence-corrected chi connectivity index (χ3v) is 3.76. The van der Waals surface area contributed by atoms with Crippen molar-refractivity contribution >= 4 is 23.4 Å². The minimum atomic E-state index is -0.272. The van der Waals surface area contributed by atoms with Gasteiger partial charge in [-0.3, -0.25) is 4.79 Å². The first kappa shape index (κ1) is 11.0. The van der Waals surface area contributed by atoms with Crippen LogP contribution in [-0.2, 0) is 0 Å². The van der Waals surface area contributed by atoms with Crippen molar-refractivity contribution in [2.24, 2.45) is 5.10 Å². The summed E-state index contributed by atoms with van der Waals surface area (Å²) in [5, 5.41) is 4.29. The van der Waals surface area contributed by atoms with Crippen molar-refractivity contribution in [2.45, 2.75) is 5.92 Å². The molecule has 1 aliphatic heterocycles. The average molecular weight is 264 g/mol. The number of aromatic nitrogens is 1. The first-order valence-electron chi connectivity index (χ1n) is 6.38. The Morgan fingerprint density at radius 3 is 3.00 bits per heavy atom. The number of anilines is 1. The van der Waals surface area contributed by atoms with Crippen LogP contribution in [0.4, 0.5) is 5.69 Å². The van der Waals surface area contributed by atoms with Gasteiger partial charge in [0.25, 0.3) is 5.91 Å². The van der Waals surface area contributed by atoms with Gasteiger partial charge in [-0.2, -0.15) is 5.10 Å². The number of hydrogen-bond acceptors (Lipinski definition) is 3. The summed E-state index contributed by atoms with van der Waals surface area (Å²) >= 11 is 0. The van der Waals surface area contributed by atoms with E-state index < -0.39 is 0 Å². The molecule has 0 radical (unpaired) electrons. The van der Waals surface area contributed by atoms with Crippen LogP contribution in [0.1, 0.15) is 33.1 Å². The van der Waals surface area contributed by atoms with E-state index in [1.807, 2.05) is 30.3 Å². The number of nitrogens with zero attached hydrogens (tertiary/aromatic N) is 1. The number of nitrogens with two attached hydrogens (primary N) is 1. The van der Waals surface area contributed by atoms with E-state index in [2.05, 4.69) is 21.6 Å². The van der Waals surface area contributed by atoms with E-state index in [1.54, 1.807) is 6.20 Å². The minimum absolute atomic E-state index is 0.0869. The molecule has 1 amide bonds. The number of nitrogens with one attached hydrogen (secondary N) is 2. The topological polar surface area (TPSA) is 83.3 Å². The highest BCUT2D eigenvalue weighted by Gasteiger charge is 2.31. The fourth-order valence-corrected chi connectivity index (χ4v) is 2.82. The van der Waals surface area contributed by atoms with Crippen molar-refractivity contribution in [3.63, 3.8) is 0 Å². The summed E-state index contributed by atoms with van der Waals surface area (Å²) in [6.45, 7) is 0. The third kappa shape index (κ3) is 1.37. The molecule has 2 aromatic rings. The SMILES string of the molecule is Nc1c[nH]c2c1C(=O)NN=C1c3ccccc3C=CC12. The van der Waals surface area contributed by atoms with Crippen molar-refractivity contribution in [1.82, 2.24) is 10.4 Å². The second kappa shape index (κ2) is 3.84. The highest BCUT2D eigenvalue weighted by atomic mass is 16.2. The summed E-state index contributed by atoms with van der Waals surface area (Å²) in [5.41, 5.74) is 13.1. The van der Waals surface area contributed by atoms with Gasteiger partial charge >= 0.3 is 0 Å². The molecule has 0 bridgehead atoms. The molecule has 0 spiro atoms. The van der Waals surface area contributed by atoms with Gasteiger partial charge in [0, 0.05) is 17.5 Å². The van der Waals surface area contributed by atoms with E-state index in [9.17, 15) is 4.79 Å². The smallest absolute Gasteiger partial charge is 0.275 e. The molecule has 5 heteroatoms. The maximum atomic E-state index is 12.1. The number of amides is 1. The Bertz CT molecular complexity index is 785. The molecule has 0 saturated heterocycles. The number of carbonyl (C=O) groups is 1. The molecule has 2 aliphatic rings. The molecule has 0 fully saturated rings. The van der Waals surface area contributed by atoms with E-state index in [1.165, 1.54) is 0 Å². The zero-order valence-corrected chi connectivity index (χ0v) is 10.6. The molecule has 1 unspecified atom stereocenters. The lowest BCUT2D eigenvalue weighted by molar-refractivity contribution is 0.0956. The Balaban J connectivity index is 1.97. The van der Waals surface area contributed by atoms with Crippen LogP contribution in [0.25, 0.3) is 6.08 Å². The van der Waals surface area contributed by atoms with Crippen molar-refractivity contribution < 1.29 is 4.79 Å². The Kier molecular flexibility index (Phi) is 2.12. The Morgan fingerprint density at radius 1 is 1.25 bits per heavy atom. The van der Waals surface area contributed by atoms with Gasteiger partial charge in [-0.05, 0) is 5.56 Å². The van der Waals surface area contributed by atoms with Gasteiger partial charge in [-0.1, -0.05) is 36.4 Å². The Labute approximate surface area is 115 Å². The number of aromatic amines is 1. The lowest BCUT2D eigenvalue weighted by atomic mass is 9.84. The molecule has 1 aliphatic carbocycles. The second-order valence-electron chi connectivity index (χ2n) is 4.89. The van der Waals surface area contributed by atoms with Crippen LogP contribution >= 0.6 is 0 Å². The van der Waals surface area contributed by atoms with Crippen LogP contribution in [0.15, 0.2) is 41.6 Å². The van der Waals surface area contributed by atoms with Crippen LogP contribution in [0.2, 0.25) is 0 Å². The quantitative estimate of drug-likeness (QED) is 0.678. The van der Waals surface area contributed by atoms with Gasteiger partial charge < -0.3 is 10.7 Å². The monoisotopic (exact) mass is 264 g/mol. The number of carbonyl (C=O) groups excluding carboxylic acids is 1. The first-order chi connectivity index (χ1) is 9.75. The second-order valence-corrected chi connectivity index (χ2v) is 4.89. The summed E-state index contributed by atoms with van der Waals surface area (Å²) in [6.07, 6.45) is 5.74. The predicted octanol–water partition coefficient (Wildman–Crippen LogP) is 1.86. The first-order valence-corrected chi connectivity index (χ1v) is 6.38. The summed E-state index contributed by atoms with van der Waals surface area (Å²) in [6, 6.07) is 7.99. The molecular weight excluding hydrogens is 252 g/mol. The van der Waals surface area contributed by atoms with Crippen molar-refractivity contribution in [3.8, 4) is 0 Å². The fourth-order valence-electron chi connectivity index (χ4n) is 2.82. The van der Waals surface area contributed by atoms with Gasteiger partial charge in [0.05, 0.1) is 22.9 Å². The largest absolute Gasteiger partial charge is 0.397 e. The maximum absolute atomic E-state index is 12.1. The normalized spacial score (nSPS) is 19.3. The lowest BCUT2D eigenvalue weighted by Crippen LogP contribution is -2.19. The lowest BCUT2D eigenvalue weighted by Gasteiger charge is -2.20. The van der Waals surface area contributed by atoms with Gasteiger partial charge in [0.15, 0.2) is 0 Å². The number of hydrazone groups is 1. The molecule has 20 heavy (non-hydrogen) atoms. The Morgan fingerprint density at radius 2 is 2.10 bits per heavy atom. The van der Waals surface area contributed by atoms with Crippen LogP contribution < -0.4 is 11.2 Å². The maximum Gasteiger partial charge on any atom is 0.275 e. The number of H-pyrrole nitrogens is 1. The van der Waals surface area contributed by atoms with Gasteiger partial charge in [-0.15, -0.1) is 0 Å². The van der Waals surface area contributed by atoms with Gasteiger partial charge in [0.2, 0.25) is 0 Å². The molecular formula is C15H12N4O. The van der Waals surface area contributed by atoms with Crippen molar-refractivity contribution in [1.29, 1.82) is 0 Å². The molecule has 4 rings (SSSR count). The fraction of sp³-hybridized carbons (Fsp3) is 0.0667. The summed E-state index contributed by atoms with van der Waals surface area (Å²) in [4.78, 5) is 15.2. The highest BCUT2D eigenvalue weighted by molar-refractivity contribution is 6.14. The zero-order valence-electron chi connectivity index (χ0n) is 10.6. The molecule has 98 valence electrons. The number of nitrogen functional groups attached to an aromatic ring is 1. The third-order valence-electron chi connectivity index (χ3n) is 3.76. The number of fused-ring (bicyclic) bond motifs is 5. The van der Waals surface area contributed by atoms with Crippen LogP contribution in [0.5, 0.6) is 0 Å². The molecule has 1 aromatic heterocycles. The van der Waals surface area contributed by atoms with Gasteiger partial charge in [-0.25, -0.2) is 5.43 Å². The number of benzene rings is 1. The summed E-state index contributed by atoms with van der Waals surface area (Å²) in [7, 11) is 0. The molecule has 0 saturated carbocycles. The molecule has 2 heterocycles. The average Bonchev–Trinajstić information content (AvgIpc) is 2.78. The standard InChI is InChI=1S/C15H12N4O/c16-11-7-17-14-10-6-5-8-3-1-2-4-9(8)13(10)18-19-15(20)12(11)14/h1-7,10,17H,16H2,(H,19,20). The van der Waals surface area contributed by atoms with Crippen LogP contribution in [0, 0.1) is 0 Å². The van der Waals surface area contributed by atoms with E-state index in [0.29, 0.717) is 11.3 Å². The Hall–Kier alpha value is -2.82. The molecule has 4 N–H and O–H groups in total. The van der Waals surface area contributed by atoms with E-state index >= 15 is 0 Å². The van der Waals surface area contributed by atoms with E-state index in [-0.39, 0.29) is 11.8 Å². The van der Waals surface area contributed by atoms with Crippen LogP contribution in [-0.4, -0.2) is 16.6 Å². The van der Waals surface area contributed by atoms with Crippen LogP contribution in [0.3, 0.4) is 0 Å². The van der Waals surface area contributed by atoms with Crippen molar-refractivity contribution in [2.75, 3.05) is 5.73 Å². The highest BCUT2D eigenvalue weighted by Crippen LogP contribution is 2.34. The summed E-state index contributed by atoms with van der Waals surface area (Å²) in [5.74, 6) is -0.359. The van der Waals surface area contributed by atoms with Gasteiger partial charge in [0.1, 0.15) is 0 Å². The number of allylic oxidation sites excluding steroid dienone is 1. The molecule has 1 atom stereocenters. The molecule has 5 nitrogen and oxygen atoms in total. The molecule has 1 aromatic carbocycles.